The summed E-state index contributed by atoms with van der Waals surface area (Å²) >= 11 is 0. The Morgan fingerprint density at radius 1 is 1.15 bits per heavy atom. The molecule has 7 nitrogen and oxygen atoms in total. The summed E-state index contributed by atoms with van der Waals surface area (Å²) in [5.41, 5.74) is 1.23. The van der Waals surface area contributed by atoms with E-state index in [4.69, 9.17) is 0 Å². The van der Waals surface area contributed by atoms with E-state index in [0.717, 1.165) is 23.3 Å². The third-order valence-electron chi connectivity index (χ3n) is 4.47. The number of nitrogens with zero attached hydrogens (tertiary/aromatic N) is 3. The lowest BCUT2D eigenvalue weighted by molar-refractivity contribution is -0.111. The first-order valence-corrected chi connectivity index (χ1v) is 8.56. The summed E-state index contributed by atoms with van der Waals surface area (Å²) in [6.45, 7) is 2.07. The summed E-state index contributed by atoms with van der Waals surface area (Å²) in [5.74, 6) is -0.334. The van der Waals surface area contributed by atoms with Crippen molar-refractivity contribution in [3.8, 4) is 0 Å². The number of carbonyl (C=O) groups is 1. The minimum atomic E-state index is -0.437. The monoisotopic (exact) mass is 354 g/mol. The van der Waals surface area contributed by atoms with Gasteiger partial charge in [0.2, 0.25) is 5.91 Å². The van der Waals surface area contributed by atoms with Crippen LogP contribution in [0.1, 0.15) is 18.4 Å². The van der Waals surface area contributed by atoms with E-state index < -0.39 is 11.2 Å². The van der Waals surface area contributed by atoms with Crippen LogP contribution in [0.15, 0.2) is 46.1 Å². The summed E-state index contributed by atoms with van der Waals surface area (Å²) in [4.78, 5) is 38.2. The van der Waals surface area contributed by atoms with Crippen molar-refractivity contribution < 1.29 is 4.79 Å². The zero-order chi connectivity index (χ0) is 18.7. The number of carbonyl (C=O) groups excluding carboxylic acids is 1. The molecule has 0 spiro atoms. The van der Waals surface area contributed by atoms with Gasteiger partial charge in [-0.2, -0.15) is 0 Å². The SMILES string of the molecule is Cn1cc(C=CC(=O)Nc2cccc(N3CCCC3)c2)c(=O)n(C)c1=O. The van der Waals surface area contributed by atoms with E-state index in [2.05, 4.69) is 10.2 Å². The number of aromatic nitrogens is 2. The van der Waals surface area contributed by atoms with Crippen molar-refractivity contribution in [2.24, 2.45) is 14.1 Å². The molecule has 136 valence electrons. The van der Waals surface area contributed by atoms with Gasteiger partial charge in [-0.05, 0) is 37.1 Å². The van der Waals surface area contributed by atoms with E-state index in [1.54, 1.807) is 7.05 Å². The van der Waals surface area contributed by atoms with Crippen molar-refractivity contribution in [2.75, 3.05) is 23.3 Å². The molecule has 0 bridgehead atoms. The minimum Gasteiger partial charge on any atom is -0.371 e. The van der Waals surface area contributed by atoms with Crippen LogP contribution in [0, 0.1) is 0 Å². The fraction of sp³-hybridized carbons (Fsp3) is 0.316. The van der Waals surface area contributed by atoms with Crippen molar-refractivity contribution in [1.29, 1.82) is 0 Å². The number of nitrogens with one attached hydrogen (secondary N) is 1. The van der Waals surface area contributed by atoms with Crippen LogP contribution in [0.25, 0.3) is 6.08 Å². The average molecular weight is 354 g/mol. The molecular formula is C19H22N4O3. The number of anilines is 2. The zero-order valence-corrected chi connectivity index (χ0v) is 14.9. The second-order valence-electron chi connectivity index (χ2n) is 6.41. The quantitative estimate of drug-likeness (QED) is 0.841. The highest BCUT2D eigenvalue weighted by molar-refractivity contribution is 6.02. The minimum absolute atomic E-state index is 0.274. The summed E-state index contributed by atoms with van der Waals surface area (Å²) in [6.07, 6.45) is 6.51. The van der Waals surface area contributed by atoms with Crippen LogP contribution >= 0.6 is 0 Å². The molecule has 0 unspecified atom stereocenters. The molecule has 26 heavy (non-hydrogen) atoms. The molecule has 1 aliphatic rings. The van der Waals surface area contributed by atoms with Crippen LogP contribution in [0.2, 0.25) is 0 Å². The third kappa shape index (κ3) is 3.77. The average Bonchev–Trinajstić information content (AvgIpc) is 3.17. The lowest BCUT2D eigenvalue weighted by Gasteiger charge is -2.18. The predicted octanol–water partition coefficient (Wildman–Crippen LogP) is 1.34. The fourth-order valence-corrected chi connectivity index (χ4v) is 3.06. The molecule has 3 rings (SSSR count). The molecule has 7 heteroatoms. The highest BCUT2D eigenvalue weighted by atomic mass is 16.2. The van der Waals surface area contributed by atoms with E-state index in [-0.39, 0.29) is 11.5 Å². The summed E-state index contributed by atoms with van der Waals surface area (Å²) in [7, 11) is 2.97. The van der Waals surface area contributed by atoms with Crippen molar-refractivity contribution >= 4 is 23.4 Å². The van der Waals surface area contributed by atoms with Gasteiger partial charge in [-0.1, -0.05) is 6.07 Å². The van der Waals surface area contributed by atoms with Crippen LogP contribution in [0.5, 0.6) is 0 Å². The molecule has 1 N–H and O–H groups in total. The molecule has 1 fully saturated rings. The summed E-state index contributed by atoms with van der Waals surface area (Å²) in [5, 5.41) is 2.81. The van der Waals surface area contributed by atoms with Crippen LogP contribution in [0.4, 0.5) is 11.4 Å². The smallest absolute Gasteiger partial charge is 0.330 e. The molecule has 2 aromatic rings. The predicted molar refractivity (Wildman–Crippen MR) is 102 cm³/mol. The second kappa shape index (κ2) is 7.43. The Hall–Kier alpha value is -3.09. The number of rotatable bonds is 4. The van der Waals surface area contributed by atoms with E-state index in [1.807, 2.05) is 24.3 Å². The van der Waals surface area contributed by atoms with Gasteiger partial charge in [0.15, 0.2) is 0 Å². The van der Waals surface area contributed by atoms with Crippen LogP contribution in [-0.2, 0) is 18.9 Å². The lowest BCUT2D eigenvalue weighted by Crippen LogP contribution is -2.37. The molecule has 1 amide bonds. The lowest BCUT2D eigenvalue weighted by atomic mass is 10.2. The Bertz CT molecular complexity index is 965. The molecule has 1 aromatic carbocycles. The molecular weight excluding hydrogens is 332 g/mol. The van der Waals surface area contributed by atoms with Gasteiger partial charge in [-0.15, -0.1) is 0 Å². The Labute approximate surface area is 151 Å². The highest BCUT2D eigenvalue weighted by Crippen LogP contribution is 2.23. The number of hydrogen-bond donors (Lipinski definition) is 1. The molecule has 0 radical (unpaired) electrons. The van der Waals surface area contributed by atoms with E-state index in [0.29, 0.717) is 5.69 Å². The Morgan fingerprint density at radius 3 is 2.62 bits per heavy atom. The van der Waals surface area contributed by atoms with Gasteiger partial charge >= 0.3 is 5.69 Å². The number of hydrogen-bond acceptors (Lipinski definition) is 4. The van der Waals surface area contributed by atoms with Gasteiger partial charge < -0.3 is 14.8 Å². The highest BCUT2D eigenvalue weighted by Gasteiger charge is 2.12. The third-order valence-corrected chi connectivity index (χ3v) is 4.47. The first-order chi connectivity index (χ1) is 12.5. The second-order valence-corrected chi connectivity index (χ2v) is 6.41. The Morgan fingerprint density at radius 2 is 1.88 bits per heavy atom. The van der Waals surface area contributed by atoms with Gasteiger partial charge in [-0.25, -0.2) is 4.79 Å². The fourth-order valence-electron chi connectivity index (χ4n) is 3.06. The van der Waals surface area contributed by atoms with E-state index in [9.17, 15) is 14.4 Å². The van der Waals surface area contributed by atoms with E-state index in [1.165, 1.54) is 42.8 Å². The summed E-state index contributed by atoms with van der Waals surface area (Å²) in [6, 6.07) is 7.72. The first kappa shape index (κ1) is 17.7. The van der Waals surface area contributed by atoms with Crippen molar-refractivity contribution in [2.45, 2.75) is 12.8 Å². The van der Waals surface area contributed by atoms with Crippen LogP contribution in [-0.4, -0.2) is 28.1 Å². The molecule has 0 saturated carbocycles. The van der Waals surface area contributed by atoms with Gasteiger partial charge in [0.25, 0.3) is 5.56 Å². The van der Waals surface area contributed by atoms with Gasteiger partial charge in [0, 0.05) is 50.8 Å². The van der Waals surface area contributed by atoms with Crippen molar-refractivity contribution in [3.05, 3.63) is 62.9 Å². The first-order valence-electron chi connectivity index (χ1n) is 8.56. The van der Waals surface area contributed by atoms with Crippen molar-refractivity contribution in [3.63, 3.8) is 0 Å². The van der Waals surface area contributed by atoms with E-state index >= 15 is 0 Å². The number of aryl methyl sites for hydroxylation is 1. The Kier molecular flexibility index (Phi) is 5.06. The largest absolute Gasteiger partial charge is 0.371 e. The maximum absolute atomic E-state index is 12.2. The van der Waals surface area contributed by atoms with Gasteiger partial charge in [0.1, 0.15) is 0 Å². The zero-order valence-electron chi connectivity index (χ0n) is 14.9. The normalized spacial score (nSPS) is 14.2. The molecule has 1 aliphatic heterocycles. The molecule has 2 heterocycles. The van der Waals surface area contributed by atoms with Gasteiger partial charge in [-0.3, -0.25) is 14.2 Å². The number of benzene rings is 1. The maximum Gasteiger partial charge on any atom is 0.330 e. The Balaban J connectivity index is 1.73. The molecule has 1 aromatic heterocycles. The topological polar surface area (TPSA) is 76.3 Å². The number of amides is 1. The van der Waals surface area contributed by atoms with Crippen LogP contribution < -0.4 is 21.5 Å². The standard InChI is InChI=1S/C19H22N4O3/c1-21-13-14(18(25)22(2)19(21)26)8-9-17(24)20-15-6-5-7-16(12-15)23-10-3-4-11-23/h5-9,12-13H,3-4,10-11H2,1-2H3,(H,20,24). The van der Waals surface area contributed by atoms with Crippen molar-refractivity contribution in [1.82, 2.24) is 9.13 Å². The molecule has 0 aliphatic carbocycles. The molecule has 1 saturated heterocycles. The van der Waals surface area contributed by atoms with Gasteiger partial charge in [0.05, 0.1) is 5.56 Å². The molecule has 0 atom stereocenters. The van der Waals surface area contributed by atoms with Crippen LogP contribution in [0.3, 0.4) is 0 Å². The maximum atomic E-state index is 12.2. The summed E-state index contributed by atoms with van der Waals surface area (Å²) < 4.78 is 2.32.